The number of aryl methyl sites for hydroxylation is 1. The Hall–Kier alpha value is -3.56. The molecule has 0 aliphatic rings. The van der Waals surface area contributed by atoms with Gasteiger partial charge in [0.2, 0.25) is 11.8 Å². The number of nitrogens with zero attached hydrogens (tertiary/aromatic N) is 2. The topological polar surface area (TPSA) is 86.8 Å². The van der Waals surface area contributed by atoms with Crippen LogP contribution >= 0.6 is 34.8 Å². The summed E-state index contributed by atoms with van der Waals surface area (Å²) in [6.07, 6.45) is 0.202. The predicted octanol–water partition coefficient (Wildman–Crippen LogP) is 6.93. The van der Waals surface area contributed by atoms with E-state index in [1.54, 1.807) is 56.3 Å². The van der Waals surface area contributed by atoms with Crippen molar-refractivity contribution >= 4 is 62.3 Å². The summed E-state index contributed by atoms with van der Waals surface area (Å²) in [5.41, 5.74) is 2.44. The normalized spacial score (nSPS) is 11.9. The molecule has 4 rings (SSSR count). The molecule has 7 nitrogen and oxygen atoms in total. The average Bonchev–Trinajstić information content (AvgIpc) is 3.00. The highest BCUT2D eigenvalue weighted by molar-refractivity contribution is 7.92. The summed E-state index contributed by atoms with van der Waals surface area (Å²) in [6, 6.07) is 26.0. The van der Waals surface area contributed by atoms with Gasteiger partial charge in [0.05, 0.1) is 20.6 Å². The van der Waals surface area contributed by atoms with E-state index < -0.39 is 28.5 Å². The molecule has 0 fully saturated rings. The zero-order valence-electron chi connectivity index (χ0n) is 24.2. The van der Waals surface area contributed by atoms with Crippen LogP contribution < -0.4 is 9.62 Å². The number of para-hydroxylation sites is 1. The predicted molar refractivity (Wildman–Crippen MR) is 177 cm³/mol. The van der Waals surface area contributed by atoms with Crippen molar-refractivity contribution in [1.29, 1.82) is 0 Å². The monoisotopic (exact) mass is 671 g/mol. The fourth-order valence-corrected chi connectivity index (χ4v) is 6.70. The lowest BCUT2D eigenvalue weighted by molar-refractivity contribution is -0.140. The minimum atomic E-state index is -4.23. The fourth-order valence-electron chi connectivity index (χ4n) is 4.77. The molecule has 2 amide bonds. The number of amides is 2. The highest BCUT2D eigenvalue weighted by Gasteiger charge is 2.35. The number of hydrogen-bond acceptors (Lipinski definition) is 4. The van der Waals surface area contributed by atoms with E-state index in [0.29, 0.717) is 38.4 Å². The second-order valence-electron chi connectivity index (χ2n) is 10.1. The van der Waals surface area contributed by atoms with Crippen LogP contribution in [-0.2, 0) is 32.6 Å². The first-order chi connectivity index (χ1) is 21.0. The molecule has 230 valence electrons. The minimum absolute atomic E-state index is 0.0209. The summed E-state index contributed by atoms with van der Waals surface area (Å²) in [4.78, 5) is 29.4. The average molecular weight is 673 g/mol. The number of hydrogen-bond donors (Lipinski definition) is 1. The summed E-state index contributed by atoms with van der Waals surface area (Å²) in [6.45, 7) is 3.32. The van der Waals surface area contributed by atoms with Crippen LogP contribution in [0.5, 0.6) is 0 Å². The third-order valence-corrected chi connectivity index (χ3v) is 9.79. The van der Waals surface area contributed by atoms with Gasteiger partial charge in [0, 0.05) is 24.5 Å². The van der Waals surface area contributed by atoms with Gasteiger partial charge in [0.15, 0.2) is 0 Å². The van der Waals surface area contributed by atoms with Gasteiger partial charge < -0.3 is 10.2 Å². The Morgan fingerprint density at radius 3 is 2.11 bits per heavy atom. The molecular formula is C33H32Cl3N3O4S. The highest BCUT2D eigenvalue weighted by Crippen LogP contribution is 2.29. The molecule has 0 aliphatic heterocycles. The van der Waals surface area contributed by atoms with Crippen molar-refractivity contribution in [2.75, 3.05) is 17.4 Å². The molecule has 0 heterocycles. The van der Waals surface area contributed by atoms with Gasteiger partial charge in [-0.2, -0.15) is 0 Å². The number of carbonyl (C=O) groups is 2. The molecule has 0 aliphatic carbocycles. The van der Waals surface area contributed by atoms with Crippen molar-refractivity contribution in [3.8, 4) is 0 Å². The van der Waals surface area contributed by atoms with Crippen LogP contribution in [-0.4, -0.2) is 44.3 Å². The molecule has 11 heteroatoms. The number of sulfonamides is 1. The van der Waals surface area contributed by atoms with E-state index in [0.717, 1.165) is 9.87 Å². The fraction of sp³-hybridized carbons (Fsp3) is 0.212. The minimum Gasteiger partial charge on any atom is -0.355 e. The molecular weight excluding hydrogens is 641 g/mol. The van der Waals surface area contributed by atoms with Crippen molar-refractivity contribution < 1.29 is 18.0 Å². The lowest BCUT2D eigenvalue weighted by atomic mass is 10.0. The largest absolute Gasteiger partial charge is 0.355 e. The van der Waals surface area contributed by atoms with E-state index in [-0.39, 0.29) is 23.8 Å². The van der Waals surface area contributed by atoms with E-state index in [9.17, 15) is 18.0 Å². The Labute approximate surface area is 273 Å². The van der Waals surface area contributed by atoms with Crippen molar-refractivity contribution in [3.63, 3.8) is 0 Å². The van der Waals surface area contributed by atoms with Gasteiger partial charge in [0.1, 0.15) is 12.6 Å². The summed E-state index contributed by atoms with van der Waals surface area (Å²) in [7, 11) is -4.23. The SMILES string of the molecule is CCNC(=O)[C@@H](Cc1ccccc1)N(Cc1ccc(Cl)c(Cl)c1)C(=O)CN(c1ccccc1C)S(=O)(=O)c1ccc(Cl)cc1. The molecule has 0 unspecified atom stereocenters. The zero-order chi connectivity index (χ0) is 31.9. The second-order valence-corrected chi connectivity index (χ2v) is 13.2. The van der Waals surface area contributed by atoms with Crippen LogP contribution in [0.15, 0.2) is 102 Å². The van der Waals surface area contributed by atoms with Crippen LogP contribution in [0.25, 0.3) is 0 Å². The molecule has 0 bridgehead atoms. The Morgan fingerprint density at radius 2 is 1.48 bits per heavy atom. The summed E-state index contributed by atoms with van der Waals surface area (Å²) in [5, 5.41) is 3.85. The Kier molecular flexibility index (Phi) is 11.3. The molecule has 44 heavy (non-hydrogen) atoms. The summed E-state index contributed by atoms with van der Waals surface area (Å²) >= 11 is 18.5. The van der Waals surface area contributed by atoms with E-state index in [4.69, 9.17) is 34.8 Å². The van der Waals surface area contributed by atoms with Gasteiger partial charge in [0.25, 0.3) is 10.0 Å². The number of rotatable bonds is 12. The maximum absolute atomic E-state index is 14.4. The maximum atomic E-state index is 14.4. The number of carbonyl (C=O) groups excluding carboxylic acids is 2. The molecule has 1 N–H and O–H groups in total. The number of benzene rings is 4. The van der Waals surface area contributed by atoms with Crippen LogP contribution in [0, 0.1) is 6.92 Å². The Bertz CT molecular complexity index is 1720. The van der Waals surface area contributed by atoms with Crippen molar-refractivity contribution in [2.45, 2.75) is 37.8 Å². The maximum Gasteiger partial charge on any atom is 0.264 e. The number of anilines is 1. The molecule has 1 atom stereocenters. The standard InChI is InChI=1S/C33H32Cl3N3O4S/c1-3-37-33(41)31(20-24-10-5-4-6-11-24)38(21-25-13-18-28(35)29(36)19-25)32(40)22-39(30-12-8-7-9-23(30)2)44(42,43)27-16-14-26(34)15-17-27/h4-19,31H,3,20-22H2,1-2H3,(H,37,41)/t31-/m1/s1. The van der Waals surface area contributed by atoms with Crippen LogP contribution in [0.1, 0.15) is 23.6 Å². The van der Waals surface area contributed by atoms with Crippen LogP contribution in [0.3, 0.4) is 0 Å². The number of likely N-dealkylation sites (N-methyl/N-ethyl adjacent to an activating group) is 1. The first kappa shape index (κ1) is 33.3. The van der Waals surface area contributed by atoms with Crippen molar-refractivity contribution in [1.82, 2.24) is 10.2 Å². The number of nitrogens with one attached hydrogen (secondary N) is 1. The summed E-state index contributed by atoms with van der Waals surface area (Å²) in [5.74, 6) is -0.947. The van der Waals surface area contributed by atoms with Gasteiger partial charge in [-0.3, -0.25) is 13.9 Å². The molecule has 4 aromatic carbocycles. The van der Waals surface area contributed by atoms with E-state index in [2.05, 4.69) is 5.32 Å². The van der Waals surface area contributed by atoms with Crippen LogP contribution in [0.2, 0.25) is 15.1 Å². The molecule has 0 saturated carbocycles. The van der Waals surface area contributed by atoms with Crippen LogP contribution in [0.4, 0.5) is 5.69 Å². The second kappa shape index (κ2) is 14.9. The first-order valence-electron chi connectivity index (χ1n) is 13.9. The van der Waals surface area contributed by atoms with Gasteiger partial charge in [-0.1, -0.05) is 89.4 Å². The molecule has 4 aromatic rings. The Morgan fingerprint density at radius 1 is 0.818 bits per heavy atom. The van der Waals surface area contributed by atoms with E-state index >= 15 is 0 Å². The first-order valence-corrected chi connectivity index (χ1v) is 16.5. The van der Waals surface area contributed by atoms with E-state index in [1.165, 1.54) is 29.2 Å². The third-order valence-electron chi connectivity index (χ3n) is 7.02. The van der Waals surface area contributed by atoms with E-state index in [1.807, 2.05) is 30.3 Å². The smallest absolute Gasteiger partial charge is 0.264 e. The van der Waals surface area contributed by atoms with Crippen molar-refractivity contribution in [2.24, 2.45) is 0 Å². The quantitative estimate of drug-likeness (QED) is 0.177. The highest BCUT2D eigenvalue weighted by atomic mass is 35.5. The lowest BCUT2D eigenvalue weighted by Gasteiger charge is -2.34. The van der Waals surface area contributed by atoms with Gasteiger partial charge in [-0.15, -0.1) is 0 Å². The Balaban J connectivity index is 1.82. The van der Waals surface area contributed by atoms with Crippen molar-refractivity contribution in [3.05, 3.63) is 129 Å². The molecule has 0 aromatic heterocycles. The molecule has 0 radical (unpaired) electrons. The zero-order valence-corrected chi connectivity index (χ0v) is 27.3. The van der Waals surface area contributed by atoms with Gasteiger partial charge >= 0.3 is 0 Å². The third kappa shape index (κ3) is 8.12. The molecule has 0 spiro atoms. The van der Waals surface area contributed by atoms with Gasteiger partial charge in [-0.05, 0) is 73.0 Å². The van der Waals surface area contributed by atoms with Gasteiger partial charge in [-0.25, -0.2) is 8.42 Å². The summed E-state index contributed by atoms with van der Waals surface area (Å²) < 4.78 is 29.3. The lowest BCUT2D eigenvalue weighted by Crippen LogP contribution is -2.53. The molecule has 0 saturated heterocycles. The number of halogens is 3.